The number of hydrogen-bond acceptors (Lipinski definition) is 4. The van der Waals surface area contributed by atoms with Gasteiger partial charge in [0.05, 0.1) is 24.4 Å². The van der Waals surface area contributed by atoms with E-state index in [9.17, 15) is 4.79 Å². The van der Waals surface area contributed by atoms with Gasteiger partial charge in [0.1, 0.15) is 11.6 Å². The van der Waals surface area contributed by atoms with Crippen molar-refractivity contribution in [1.29, 1.82) is 0 Å². The summed E-state index contributed by atoms with van der Waals surface area (Å²) < 4.78 is 5.36. The number of rotatable bonds is 4. The van der Waals surface area contributed by atoms with Crippen molar-refractivity contribution in [3.8, 4) is 17.0 Å². The highest BCUT2D eigenvalue weighted by Crippen LogP contribution is 2.35. The average molecular weight is 373 g/mol. The Labute approximate surface area is 165 Å². The predicted octanol–water partition coefficient (Wildman–Crippen LogP) is 4.44. The number of amides is 1. The van der Waals surface area contributed by atoms with Crippen LogP contribution in [-0.2, 0) is 0 Å². The van der Waals surface area contributed by atoms with Crippen molar-refractivity contribution in [3.05, 3.63) is 77.7 Å². The molecule has 0 radical (unpaired) electrons. The van der Waals surface area contributed by atoms with E-state index in [2.05, 4.69) is 16.0 Å². The third-order valence-corrected chi connectivity index (χ3v) is 5.18. The summed E-state index contributed by atoms with van der Waals surface area (Å²) in [6.45, 7) is 2.57. The molecule has 1 aliphatic heterocycles. The standard InChI is InChI=1S/C23H23N3O2/c1-16-24-15-20(22(25-16)17-8-4-3-5-9-17)23(27)26-13-7-12-21(26)18-10-6-11-19(14-18)28-2/h3-6,8-11,14-15,21H,7,12-13H2,1-2H3. The normalized spacial score (nSPS) is 16.2. The van der Waals surface area contributed by atoms with E-state index < -0.39 is 0 Å². The molecule has 0 spiro atoms. The van der Waals surface area contributed by atoms with Crippen molar-refractivity contribution in [1.82, 2.24) is 14.9 Å². The van der Waals surface area contributed by atoms with Crippen LogP contribution in [0.1, 0.15) is 40.6 Å². The van der Waals surface area contributed by atoms with Crippen LogP contribution < -0.4 is 4.74 Å². The number of aryl methyl sites for hydroxylation is 1. The number of likely N-dealkylation sites (tertiary alicyclic amines) is 1. The van der Waals surface area contributed by atoms with Crippen molar-refractivity contribution < 1.29 is 9.53 Å². The zero-order chi connectivity index (χ0) is 19.5. The molecule has 5 heteroatoms. The van der Waals surface area contributed by atoms with Crippen molar-refractivity contribution in [2.45, 2.75) is 25.8 Å². The molecule has 1 fully saturated rings. The molecule has 1 atom stereocenters. The van der Waals surface area contributed by atoms with E-state index in [1.54, 1.807) is 13.3 Å². The number of carbonyl (C=O) groups excluding carboxylic acids is 1. The zero-order valence-corrected chi connectivity index (χ0v) is 16.1. The van der Waals surface area contributed by atoms with Crippen LogP contribution in [0.15, 0.2) is 60.8 Å². The molecular weight excluding hydrogens is 350 g/mol. The Balaban J connectivity index is 1.71. The summed E-state index contributed by atoms with van der Waals surface area (Å²) in [5.41, 5.74) is 3.26. The molecule has 0 N–H and O–H groups in total. The molecule has 0 bridgehead atoms. The Kier molecular flexibility index (Phi) is 5.06. The quantitative estimate of drug-likeness (QED) is 0.678. The fourth-order valence-corrected chi connectivity index (χ4v) is 3.80. The van der Waals surface area contributed by atoms with Gasteiger partial charge in [-0.2, -0.15) is 0 Å². The number of benzene rings is 2. The first-order valence-electron chi connectivity index (χ1n) is 9.51. The van der Waals surface area contributed by atoms with Crippen LogP contribution in [0.2, 0.25) is 0 Å². The molecule has 2 aromatic carbocycles. The van der Waals surface area contributed by atoms with E-state index in [1.807, 2.05) is 60.4 Å². The number of methoxy groups -OCH3 is 1. The number of nitrogens with zero attached hydrogens (tertiary/aromatic N) is 3. The van der Waals surface area contributed by atoms with E-state index in [-0.39, 0.29) is 11.9 Å². The van der Waals surface area contributed by atoms with Gasteiger partial charge in [0, 0.05) is 18.3 Å². The van der Waals surface area contributed by atoms with Crippen molar-refractivity contribution in [2.24, 2.45) is 0 Å². The van der Waals surface area contributed by atoms with Gasteiger partial charge in [0.25, 0.3) is 5.91 Å². The molecule has 142 valence electrons. The number of carbonyl (C=O) groups is 1. The first-order valence-corrected chi connectivity index (χ1v) is 9.51. The Bertz CT molecular complexity index is 988. The molecule has 1 aromatic heterocycles. The lowest BCUT2D eigenvalue weighted by atomic mass is 10.0. The highest BCUT2D eigenvalue weighted by atomic mass is 16.5. The summed E-state index contributed by atoms with van der Waals surface area (Å²) in [4.78, 5) is 24.3. The first-order chi connectivity index (χ1) is 13.7. The van der Waals surface area contributed by atoms with Crippen LogP contribution in [0.4, 0.5) is 0 Å². The van der Waals surface area contributed by atoms with Gasteiger partial charge in [-0.25, -0.2) is 9.97 Å². The predicted molar refractivity (Wildman–Crippen MR) is 108 cm³/mol. The number of ether oxygens (including phenoxy) is 1. The first kappa shape index (κ1) is 18.2. The maximum Gasteiger partial charge on any atom is 0.258 e. The topological polar surface area (TPSA) is 55.3 Å². The minimum absolute atomic E-state index is 0.0239. The average Bonchev–Trinajstić information content (AvgIpc) is 3.24. The Morgan fingerprint density at radius 1 is 1.14 bits per heavy atom. The van der Waals surface area contributed by atoms with Gasteiger partial charge < -0.3 is 9.64 Å². The fourth-order valence-electron chi connectivity index (χ4n) is 3.80. The van der Waals surface area contributed by atoms with Crippen LogP contribution >= 0.6 is 0 Å². The maximum absolute atomic E-state index is 13.5. The van der Waals surface area contributed by atoms with E-state index in [4.69, 9.17) is 4.74 Å². The Morgan fingerprint density at radius 3 is 2.75 bits per heavy atom. The molecule has 1 saturated heterocycles. The molecular formula is C23H23N3O2. The highest BCUT2D eigenvalue weighted by molar-refractivity contribution is 6.00. The van der Waals surface area contributed by atoms with Gasteiger partial charge in [-0.05, 0) is 37.5 Å². The van der Waals surface area contributed by atoms with Crippen LogP contribution in [0.25, 0.3) is 11.3 Å². The number of hydrogen-bond donors (Lipinski definition) is 0. The van der Waals surface area contributed by atoms with Crippen molar-refractivity contribution >= 4 is 5.91 Å². The monoisotopic (exact) mass is 373 g/mol. The van der Waals surface area contributed by atoms with Gasteiger partial charge >= 0.3 is 0 Å². The van der Waals surface area contributed by atoms with Crippen molar-refractivity contribution in [3.63, 3.8) is 0 Å². The SMILES string of the molecule is COc1cccc(C2CCCN2C(=O)c2cnc(C)nc2-c2ccccc2)c1. The van der Waals surface area contributed by atoms with Gasteiger partial charge in [0.15, 0.2) is 0 Å². The molecule has 28 heavy (non-hydrogen) atoms. The lowest BCUT2D eigenvalue weighted by Crippen LogP contribution is -2.31. The minimum Gasteiger partial charge on any atom is -0.497 e. The summed E-state index contributed by atoms with van der Waals surface area (Å²) in [6.07, 6.45) is 3.57. The van der Waals surface area contributed by atoms with Crippen LogP contribution in [0, 0.1) is 6.92 Å². The summed E-state index contributed by atoms with van der Waals surface area (Å²) in [6, 6.07) is 17.8. The molecule has 5 nitrogen and oxygen atoms in total. The van der Waals surface area contributed by atoms with E-state index in [0.29, 0.717) is 17.1 Å². The van der Waals surface area contributed by atoms with Gasteiger partial charge in [-0.15, -0.1) is 0 Å². The largest absolute Gasteiger partial charge is 0.497 e. The van der Waals surface area contributed by atoms with E-state index >= 15 is 0 Å². The zero-order valence-electron chi connectivity index (χ0n) is 16.1. The lowest BCUT2D eigenvalue weighted by Gasteiger charge is -2.26. The summed E-state index contributed by atoms with van der Waals surface area (Å²) in [7, 11) is 1.66. The molecule has 1 unspecified atom stereocenters. The van der Waals surface area contributed by atoms with Crippen LogP contribution in [0.3, 0.4) is 0 Å². The maximum atomic E-state index is 13.5. The minimum atomic E-state index is -0.0239. The second-order valence-corrected chi connectivity index (χ2v) is 6.98. The fraction of sp³-hybridized carbons (Fsp3) is 0.261. The third-order valence-electron chi connectivity index (χ3n) is 5.18. The molecule has 0 aliphatic carbocycles. The summed E-state index contributed by atoms with van der Waals surface area (Å²) >= 11 is 0. The van der Waals surface area contributed by atoms with E-state index in [0.717, 1.165) is 36.3 Å². The molecule has 1 aliphatic rings. The van der Waals surface area contributed by atoms with Crippen LogP contribution in [-0.4, -0.2) is 34.4 Å². The molecule has 1 amide bonds. The summed E-state index contributed by atoms with van der Waals surface area (Å²) in [5, 5.41) is 0. The van der Waals surface area contributed by atoms with Gasteiger partial charge in [-0.1, -0.05) is 42.5 Å². The lowest BCUT2D eigenvalue weighted by molar-refractivity contribution is 0.0735. The van der Waals surface area contributed by atoms with Gasteiger partial charge in [-0.3, -0.25) is 4.79 Å². The smallest absolute Gasteiger partial charge is 0.258 e. The van der Waals surface area contributed by atoms with Crippen LogP contribution in [0.5, 0.6) is 5.75 Å². The Morgan fingerprint density at radius 2 is 1.96 bits per heavy atom. The highest BCUT2D eigenvalue weighted by Gasteiger charge is 2.32. The van der Waals surface area contributed by atoms with Gasteiger partial charge in [0.2, 0.25) is 0 Å². The molecule has 4 rings (SSSR count). The summed E-state index contributed by atoms with van der Waals surface area (Å²) in [5.74, 6) is 1.44. The second-order valence-electron chi connectivity index (χ2n) is 6.98. The van der Waals surface area contributed by atoms with E-state index in [1.165, 1.54) is 0 Å². The molecule has 2 heterocycles. The number of aromatic nitrogens is 2. The second kappa shape index (κ2) is 7.80. The molecule has 3 aromatic rings. The third kappa shape index (κ3) is 3.48. The van der Waals surface area contributed by atoms with Crippen molar-refractivity contribution in [2.75, 3.05) is 13.7 Å². The Hall–Kier alpha value is -3.21. The molecule has 0 saturated carbocycles.